The van der Waals surface area contributed by atoms with Gasteiger partial charge in [-0.2, -0.15) is 0 Å². The van der Waals surface area contributed by atoms with Crippen LogP contribution >= 0.6 is 11.6 Å². The third-order valence-electron chi connectivity index (χ3n) is 2.94. The summed E-state index contributed by atoms with van der Waals surface area (Å²) in [5, 5.41) is 15.7. The molecule has 0 spiro atoms. The molecule has 1 heterocycles. The fourth-order valence-electron chi connectivity index (χ4n) is 1.74. The molecule has 1 aromatic carbocycles. The first-order chi connectivity index (χ1) is 11.0. The number of hydrogen-bond acceptors (Lipinski definition) is 6. The summed E-state index contributed by atoms with van der Waals surface area (Å²) in [5.74, 6) is 0.939. The maximum Gasteiger partial charge on any atom is 0.273 e. The quantitative estimate of drug-likeness (QED) is 0.801. The minimum atomic E-state index is -0.425. The Bertz CT molecular complexity index is 674. The molecule has 0 radical (unpaired) electrons. The number of ether oxygens (including phenoxy) is 2. The van der Waals surface area contributed by atoms with Crippen molar-refractivity contribution in [1.82, 2.24) is 10.5 Å². The van der Waals surface area contributed by atoms with E-state index in [4.69, 9.17) is 30.7 Å². The summed E-state index contributed by atoms with van der Waals surface area (Å²) in [6.45, 7) is 1.60. The number of methoxy groups -OCH3 is 1. The molecule has 0 aliphatic rings. The number of aliphatic hydroxyl groups is 1. The van der Waals surface area contributed by atoms with Crippen molar-refractivity contribution < 1.29 is 23.9 Å². The van der Waals surface area contributed by atoms with Gasteiger partial charge in [-0.25, -0.2) is 0 Å². The lowest BCUT2D eigenvalue weighted by molar-refractivity contribution is 0.0913. The van der Waals surface area contributed by atoms with E-state index in [-0.39, 0.29) is 24.9 Å². The number of carbonyl (C=O) groups excluding carboxylic acids is 1. The zero-order valence-corrected chi connectivity index (χ0v) is 13.5. The first-order valence-electron chi connectivity index (χ1n) is 6.87. The van der Waals surface area contributed by atoms with Crippen LogP contribution in [-0.4, -0.2) is 35.9 Å². The monoisotopic (exact) mass is 340 g/mol. The highest BCUT2D eigenvalue weighted by molar-refractivity contribution is 6.30. The van der Waals surface area contributed by atoms with Crippen LogP contribution in [0.4, 0.5) is 0 Å². The number of aliphatic hydroxyl groups excluding tert-OH is 1. The normalized spacial score (nSPS) is 11.8. The van der Waals surface area contributed by atoms with Gasteiger partial charge in [-0.15, -0.1) is 0 Å². The molecule has 0 aliphatic carbocycles. The van der Waals surface area contributed by atoms with Crippen LogP contribution in [0.3, 0.4) is 0 Å². The van der Waals surface area contributed by atoms with Crippen molar-refractivity contribution in [3.05, 3.63) is 40.7 Å². The lowest BCUT2D eigenvalue weighted by Gasteiger charge is -2.09. The topological polar surface area (TPSA) is 93.8 Å². The van der Waals surface area contributed by atoms with Gasteiger partial charge in [-0.1, -0.05) is 16.8 Å². The van der Waals surface area contributed by atoms with E-state index >= 15 is 0 Å². The zero-order valence-electron chi connectivity index (χ0n) is 12.7. The van der Waals surface area contributed by atoms with Crippen molar-refractivity contribution >= 4 is 17.5 Å². The van der Waals surface area contributed by atoms with Crippen LogP contribution < -0.4 is 14.8 Å². The first-order valence-corrected chi connectivity index (χ1v) is 7.25. The van der Waals surface area contributed by atoms with Crippen molar-refractivity contribution in [2.45, 2.75) is 19.6 Å². The summed E-state index contributed by atoms with van der Waals surface area (Å²) in [5.41, 5.74) is 0.118. The number of amides is 1. The fourth-order valence-corrected chi connectivity index (χ4v) is 1.90. The van der Waals surface area contributed by atoms with E-state index in [2.05, 4.69) is 10.5 Å². The molecule has 1 atom stereocenters. The van der Waals surface area contributed by atoms with Gasteiger partial charge in [0.05, 0.1) is 13.7 Å². The number of halogens is 1. The van der Waals surface area contributed by atoms with E-state index in [0.717, 1.165) is 0 Å². The Hall–Kier alpha value is -2.25. The second-order valence-corrected chi connectivity index (χ2v) is 5.26. The molecular weight excluding hydrogens is 324 g/mol. The van der Waals surface area contributed by atoms with Gasteiger partial charge in [0, 0.05) is 23.2 Å². The Morgan fingerprint density at radius 3 is 2.91 bits per heavy atom. The van der Waals surface area contributed by atoms with Crippen molar-refractivity contribution in [1.29, 1.82) is 0 Å². The first kappa shape index (κ1) is 17.1. The smallest absolute Gasteiger partial charge is 0.273 e. The van der Waals surface area contributed by atoms with Crippen LogP contribution in [0, 0.1) is 0 Å². The van der Waals surface area contributed by atoms with Crippen LogP contribution in [-0.2, 0) is 6.61 Å². The maximum atomic E-state index is 11.8. The van der Waals surface area contributed by atoms with Gasteiger partial charge >= 0.3 is 0 Å². The summed E-state index contributed by atoms with van der Waals surface area (Å²) in [4.78, 5) is 11.8. The van der Waals surface area contributed by atoms with Crippen molar-refractivity contribution in [2.24, 2.45) is 0 Å². The minimum Gasteiger partial charge on any atom is -0.493 e. The predicted octanol–water partition coefficient (Wildman–Crippen LogP) is 2.03. The molecule has 23 heavy (non-hydrogen) atoms. The average molecular weight is 341 g/mol. The molecule has 2 N–H and O–H groups in total. The standard InChI is InChI=1S/C15H17ClN2O5/c1-9(7-19)17-15(20)12-6-11(23-18-12)8-22-13-4-3-10(16)5-14(13)21-2/h3-6,9,19H,7-8H2,1-2H3,(H,17,20)/t9-/m1/s1. The molecule has 0 saturated carbocycles. The third-order valence-corrected chi connectivity index (χ3v) is 3.17. The largest absolute Gasteiger partial charge is 0.493 e. The molecular formula is C15H17ClN2O5. The van der Waals surface area contributed by atoms with E-state index in [1.807, 2.05) is 0 Å². The summed E-state index contributed by atoms with van der Waals surface area (Å²) in [6.07, 6.45) is 0. The summed E-state index contributed by atoms with van der Waals surface area (Å²) in [6, 6.07) is 6.09. The lowest BCUT2D eigenvalue weighted by atomic mass is 10.3. The Morgan fingerprint density at radius 2 is 2.22 bits per heavy atom. The van der Waals surface area contributed by atoms with Crippen LogP contribution in [0.1, 0.15) is 23.2 Å². The predicted molar refractivity (Wildman–Crippen MR) is 82.9 cm³/mol. The van der Waals surface area contributed by atoms with Crippen molar-refractivity contribution in [3.8, 4) is 11.5 Å². The Balaban J connectivity index is 1.98. The van der Waals surface area contributed by atoms with Crippen molar-refractivity contribution in [2.75, 3.05) is 13.7 Å². The second-order valence-electron chi connectivity index (χ2n) is 4.82. The molecule has 7 nitrogen and oxygen atoms in total. The average Bonchev–Trinajstić information content (AvgIpc) is 3.02. The molecule has 0 aliphatic heterocycles. The van der Waals surface area contributed by atoms with Gasteiger partial charge < -0.3 is 24.4 Å². The number of benzene rings is 1. The van der Waals surface area contributed by atoms with Crippen LogP contribution in [0.5, 0.6) is 11.5 Å². The SMILES string of the molecule is COc1cc(Cl)ccc1OCc1cc(C(=O)N[C@H](C)CO)no1. The molecule has 0 unspecified atom stereocenters. The number of nitrogens with one attached hydrogen (secondary N) is 1. The van der Waals surface area contributed by atoms with Crippen molar-refractivity contribution in [3.63, 3.8) is 0 Å². The molecule has 0 fully saturated rings. The van der Waals surface area contributed by atoms with Gasteiger partial charge in [0.1, 0.15) is 6.61 Å². The Kier molecular flexibility index (Phi) is 5.84. The van der Waals surface area contributed by atoms with E-state index in [1.165, 1.54) is 13.2 Å². The van der Waals surface area contributed by atoms with Crippen LogP contribution in [0.25, 0.3) is 0 Å². The van der Waals surface area contributed by atoms with Crippen LogP contribution in [0.2, 0.25) is 5.02 Å². The Labute approximate surface area is 138 Å². The maximum absolute atomic E-state index is 11.8. The second kappa shape index (κ2) is 7.85. The highest BCUT2D eigenvalue weighted by Gasteiger charge is 2.15. The molecule has 124 valence electrons. The highest BCUT2D eigenvalue weighted by atomic mass is 35.5. The van der Waals surface area contributed by atoms with E-state index < -0.39 is 5.91 Å². The summed E-state index contributed by atoms with van der Waals surface area (Å²) >= 11 is 5.88. The van der Waals surface area contributed by atoms with Gasteiger partial charge in [-0.3, -0.25) is 4.79 Å². The molecule has 2 aromatic rings. The van der Waals surface area contributed by atoms with Crippen LogP contribution in [0.15, 0.2) is 28.8 Å². The summed E-state index contributed by atoms with van der Waals surface area (Å²) in [7, 11) is 1.51. The van der Waals surface area contributed by atoms with E-state index in [9.17, 15) is 4.79 Å². The zero-order chi connectivity index (χ0) is 16.8. The summed E-state index contributed by atoms with van der Waals surface area (Å²) < 4.78 is 15.8. The molecule has 2 rings (SSSR count). The Morgan fingerprint density at radius 1 is 1.43 bits per heavy atom. The molecule has 0 bridgehead atoms. The number of aromatic nitrogens is 1. The van der Waals surface area contributed by atoms with E-state index in [0.29, 0.717) is 22.3 Å². The minimum absolute atomic E-state index is 0.0772. The number of nitrogens with zero attached hydrogens (tertiary/aromatic N) is 1. The van der Waals surface area contributed by atoms with Gasteiger partial charge in [-0.05, 0) is 19.1 Å². The molecule has 1 amide bonds. The number of carbonyl (C=O) groups is 1. The molecule has 1 aromatic heterocycles. The number of hydrogen-bond donors (Lipinski definition) is 2. The van der Waals surface area contributed by atoms with Gasteiger partial charge in [0.15, 0.2) is 23.0 Å². The molecule has 8 heteroatoms. The van der Waals surface area contributed by atoms with Gasteiger partial charge in [0.25, 0.3) is 5.91 Å². The number of rotatable bonds is 7. The van der Waals surface area contributed by atoms with E-state index in [1.54, 1.807) is 25.1 Å². The lowest BCUT2D eigenvalue weighted by Crippen LogP contribution is -2.35. The highest BCUT2D eigenvalue weighted by Crippen LogP contribution is 2.30. The third kappa shape index (κ3) is 4.61. The fraction of sp³-hybridized carbons (Fsp3) is 0.333. The van der Waals surface area contributed by atoms with Gasteiger partial charge in [0.2, 0.25) is 0 Å². The molecule has 0 saturated heterocycles.